The van der Waals surface area contributed by atoms with Crippen LogP contribution < -0.4 is 0 Å². The van der Waals surface area contributed by atoms with Gasteiger partial charge in [0.15, 0.2) is 0 Å². The van der Waals surface area contributed by atoms with E-state index in [1.54, 1.807) is 0 Å². The number of morpholine rings is 1. The van der Waals surface area contributed by atoms with Crippen LogP contribution >= 0.6 is 0 Å². The average Bonchev–Trinajstić information content (AvgIpc) is 2.30. The molecule has 0 bridgehead atoms. The molecule has 0 aromatic rings. The van der Waals surface area contributed by atoms with Gasteiger partial charge in [0.2, 0.25) is 0 Å². The van der Waals surface area contributed by atoms with Crippen molar-refractivity contribution in [2.24, 2.45) is 0 Å². The number of nitrogens with zero attached hydrogens (tertiary/aromatic N) is 1. The van der Waals surface area contributed by atoms with Crippen LogP contribution in [-0.2, 0) is 18.0 Å². The Kier molecular flexibility index (Phi) is 6.61. The van der Waals surface area contributed by atoms with E-state index in [-0.39, 0.29) is 6.23 Å². The molecular weight excluding hydrogens is 238 g/mol. The summed E-state index contributed by atoms with van der Waals surface area (Å²) < 4.78 is 22.7. The van der Waals surface area contributed by atoms with Crippen LogP contribution in [0.2, 0.25) is 6.55 Å². The number of rotatable bonds is 7. The van der Waals surface area contributed by atoms with Gasteiger partial charge in [0.25, 0.3) is 0 Å². The van der Waals surface area contributed by atoms with Crippen LogP contribution in [0.1, 0.15) is 20.8 Å². The van der Waals surface area contributed by atoms with Crippen LogP contribution in [0.25, 0.3) is 0 Å². The highest BCUT2D eigenvalue weighted by Gasteiger charge is 2.37. The van der Waals surface area contributed by atoms with Crippen molar-refractivity contribution in [1.82, 2.24) is 4.90 Å². The van der Waals surface area contributed by atoms with E-state index >= 15 is 0 Å². The first kappa shape index (κ1) is 15.1. The maximum Gasteiger partial charge on any atom is 0.498 e. The first-order valence-electron chi connectivity index (χ1n) is 6.38. The molecule has 6 heteroatoms. The van der Waals surface area contributed by atoms with Crippen molar-refractivity contribution in [3.05, 3.63) is 0 Å². The molecule has 0 aliphatic carbocycles. The molecule has 102 valence electrons. The van der Waals surface area contributed by atoms with Crippen molar-refractivity contribution >= 4 is 8.80 Å². The van der Waals surface area contributed by atoms with Gasteiger partial charge >= 0.3 is 8.80 Å². The number of ether oxygens (including phenoxy) is 1. The zero-order valence-corrected chi connectivity index (χ0v) is 12.4. The van der Waals surface area contributed by atoms with Crippen LogP contribution in [0.4, 0.5) is 0 Å². The Morgan fingerprint density at radius 1 is 1.18 bits per heavy atom. The van der Waals surface area contributed by atoms with Gasteiger partial charge in [0.05, 0.1) is 13.2 Å². The molecule has 0 radical (unpaired) electrons. The average molecular weight is 263 g/mol. The fourth-order valence-corrected chi connectivity index (χ4v) is 4.00. The summed E-state index contributed by atoms with van der Waals surface area (Å²) in [4.78, 5) is 2.26. The highest BCUT2D eigenvalue weighted by Crippen LogP contribution is 2.15. The van der Waals surface area contributed by atoms with E-state index in [0.717, 1.165) is 26.3 Å². The second-order valence-corrected chi connectivity index (χ2v) is 6.63. The molecule has 1 aliphatic rings. The maximum atomic E-state index is 6.02. The van der Waals surface area contributed by atoms with Crippen LogP contribution in [0, 0.1) is 0 Å². The SMILES string of the molecule is CCO[Si](C)(OCC)OC(C)N1CCOCC1. The molecule has 1 atom stereocenters. The zero-order valence-electron chi connectivity index (χ0n) is 11.4. The maximum absolute atomic E-state index is 6.02. The molecule has 0 aromatic carbocycles. The monoisotopic (exact) mass is 263 g/mol. The molecule has 0 N–H and O–H groups in total. The van der Waals surface area contributed by atoms with Gasteiger partial charge in [-0.25, -0.2) is 0 Å². The largest absolute Gasteiger partial charge is 0.498 e. The third-order valence-corrected chi connectivity index (χ3v) is 5.15. The minimum Gasteiger partial charge on any atom is -0.379 e. The molecule has 1 heterocycles. The van der Waals surface area contributed by atoms with Gasteiger partial charge < -0.3 is 18.0 Å². The Hall–Kier alpha value is 0.0169. The van der Waals surface area contributed by atoms with Gasteiger partial charge in [-0.15, -0.1) is 0 Å². The molecular formula is C11H25NO4Si. The molecule has 1 aliphatic heterocycles. The summed E-state index contributed by atoms with van der Waals surface area (Å²) in [5, 5.41) is 0. The molecule has 1 saturated heterocycles. The Morgan fingerprint density at radius 2 is 1.71 bits per heavy atom. The lowest BCUT2D eigenvalue weighted by atomic mass is 10.4. The standard InChI is InChI=1S/C11H25NO4Si/c1-5-14-17(4,15-6-2)16-11(3)12-7-9-13-10-8-12/h11H,5-10H2,1-4H3. The van der Waals surface area contributed by atoms with E-state index in [9.17, 15) is 0 Å². The summed E-state index contributed by atoms with van der Waals surface area (Å²) in [6, 6.07) is 0. The van der Waals surface area contributed by atoms with Crippen LogP contribution in [0.15, 0.2) is 0 Å². The van der Waals surface area contributed by atoms with Crippen molar-refractivity contribution in [2.45, 2.75) is 33.5 Å². The predicted octanol–water partition coefficient (Wildman–Crippen LogP) is 1.32. The first-order valence-corrected chi connectivity index (χ1v) is 8.61. The van der Waals surface area contributed by atoms with E-state index in [4.69, 9.17) is 18.0 Å². The summed E-state index contributed by atoms with van der Waals surface area (Å²) in [6.45, 7) is 12.5. The van der Waals surface area contributed by atoms with Gasteiger partial charge in [-0.3, -0.25) is 4.90 Å². The zero-order chi connectivity index (χ0) is 12.7. The normalized spacial score (nSPS) is 20.5. The second kappa shape index (κ2) is 7.45. The first-order chi connectivity index (χ1) is 8.11. The Bertz CT molecular complexity index is 206. The molecule has 0 saturated carbocycles. The molecule has 1 unspecified atom stereocenters. The minimum atomic E-state index is -2.48. The van der Waals surface area contributed by atoms with Gasteiger partial charge in [-0.2, -0.15) is 0 Å². The second-order valence-electron chi connectivity index (χ2n) is 4.09. The fourth-order valence-electron chi connectivity index (χ4n) is 1.96. The van der Waals surface area contributed by atoms with Crippen molar-refractivity contribution in [3.63, 3.8) is 0 Å². The summed E-state index contributed by atoms with van der Waals surface area (Å²) in [5.41, 5.74) is 0. The van der Waals surface area contributed by atoms with Crippen LogP contribution in [-0.4, -0.2) is 59.4 Å². The van der Waals surface area contributed by atoms with Gasteiger partial charge in [0.1, 0.15) is 6.23 Å². The van der Waals surface area contributed by atoms with E-state index in [1.807, 2.05) is 20.4 Å². The highest BCUT2D eigenvalue weighted by atomic mass is 28.4. The summed E-state index contributed by atoms with van der Waals surface area (Å²) in [6.07, 6.45) is 0.0219. The quantitative estimate of drug-likeness (QED) is 0.648. The molecule has 0 spiro atoms. The van der Waals surface area contributed by atoms with Crippen molar-refractivity contribution < 1.29 is 18.0 Å². The van der Waals surface area contributed by atoms with Crippen LogP contribution in [0.5, 0.6) is 0 Å². The van der Waals surface area contributed by atoms with E-state index in [0.29, 0.717) is 13.2 Å². The third-order valence-electron chi connectivity index (χ3n) is 2.76. The third kappa shape index (κ3) is 5.03. The van der Waals surface area contributed by atoms with Crippen molar-refractivity contribution in [3.8, 4) is 0 Å². The topological polar surface area (TPSA) is 40.2 Å². The van der Waals surface area contributed by atoms with E-state index in [1.165, 1.54) is 0 Å². The van der Waals surface area contributed by atoms with Crippen molar-refractivity contribution in [1.29, 1.82) is 0 Å². The summed E-state index contributed by atoms with van der Waals surface area (Å²) in [5.74, 6) is 0. The predicted molar refractivity (Wildman–Crippen MR) is 67.8 cm³/mol. The minimum absolute atomic E-state index is 0.0219. The molecule has 1 fully saturated rings. The van der Waals surface area contributed by atoms with Crippen molar-refractivity contribution in [2.75, 3.05) is 39.5 Å². The summed E-state index contributed by atoms with van der Waals surface area (Å²) >= 11 is 0. The summed E-state index contributed by atoms with van der Waals surface area (Å²) in [7, 11) is -2.48. The smallest absolute Gasteiger partial charge is 0.379 e. The Morgan fingerprint density at radius 3 is 2.18 bits per heavy atom. The molecule has 0 amide bonds. The highest BCUT2D eigenvalue weighted by molar-refractivity contribution is 6.59. The molecule has 17 heavy (non-hydrogen) atoms. The molecule has 1 rings (SSSR count). The van der Waals surface area contributed by atoms with Gasteiger partial charge in [-0.05, 0) is 20.8 Å². The number of hydrogen-bond acceptors (Lipinski definition) is 5. The molecule has 0 aromatic heterocycles. The van der Waals surface area contributed by atoms with Crippen LogP contribution in [0.3, 0.4) is 0 Å². The lowest BCUT2D eigenvalue weighted by molar-refractivity contribution is -0.0699. The van der Waals surface area contributed by atoms with Gasteiger partial charge in [0, 0.05) is 32.9 Å². The Labute approximate surface area is 105 Å². The Balaban J connectivity index is 2.46. The van der Waals surface area contributed by atoms with E-state index in [2.05, 4.69) is 11.8 Å². The van der Waals surface area contributed by atoms with E-state index < -0.39 is 8.80 Å². The number of hydrogen-bond donors (Lipinski definition) is 0. The van der Waals surface area contributed by atoms with Gasteiger partial charge in [-0.1, -0.05) is 0 Å². The lowest BCUT2D eigenvalue weighted by Gasteiger charge is -2.36. The fraction of sp³-hybridized carbons (Fsp3) is 1.00. The molecule has 5 nitrogen and oxygen atoms in total. The lowest BCUT2D eigenvalue weighted by Crippen LogP contribution is -2.52.